The summed E-state index contributed by atoms with van der Waals surface area (Å²) in [6.07, 6.45) is 0. The van der Waals surface area contributed by atoms with Gasteiger partial charge in [0.1, 0.15) is 0 Å². The Morgan fingerprint density at radius 2 is 1.95 bits per heavy atom. The summed E-state index contributed by atoms with van der Waals surface area (Å²) < 4.78 is 1.91. The van der Waals surface area contributed by atoms with Gasteiger partial charge in [-0.05, 0) is 41.5 Å². The fraction of sp³-hybridized carbons (Fsp3) is 0.714. The summed E-state index contributed by atoms with van der Waals surface area (Å²) in [4.78, 5) is 4.65. The molecule has 0 aromatic carbocycles. The van der Waals surface area contributed by atoms with E-state index in [1.54, 1.807) is 0 Å². The molecule has 1 heterocycles. The Balaban J connectivity index is 2.86. The second-order valence-electron chi connectivity index (χ2n) is 5.84. The number of guanidine groups is 1. The Labute approximate surface area is 116 Å². The topological polar surface area (TPSA) is 54.2 Å². The molecule has 0 aliphatic heterocycles. The molecule has 0 bridgehead atoms. The van der Waals surface area contributed by atoms with Crippen molar-refractivity contribution in [3.8, 4) is 0 Å². The number of nitrogens with zero attached hydrogens (tertiary/aromatic N) is 3. The van der Waals surface area contributed by atoms with Gasteiger partial charge >= 0.3 is 0 Å². The van der Waals surface area contributed by atoms with Crippen molar-refractivity contribution in [2.45, 2.75) is 53.6 Å². The van der Waals surface area contributed by atoms with Crippen molar-refractivity contribution in [1.82, 2.24) is 20.4 Å². The summed E-state index contributed by atoms with van der Waals surface area (Å²) in [5, 5.41) is 11.1. The lowest BCUT2D eigenvalue weighted by molar-refractivity contribution is 0.501. The number of rotatable bonds is 3. The van der Waals surface area contributed by atoms with E-state index in [2.05, 4.69) is 55.3 Å². The Bertz CT molecular complexity index is 451. The van der Waals surface area contributed by atoms with Gasteiger partial charge in [-0.3, -0.25) is 4.68 Å². The average Bonchev–Trinajstić information content (AvgIpc) is 2.49. The number of hydrogen-bond donors (Lipinski definition) is 2. The van der Waals surface area contributed by atoms with Crippen LogP contribution in [0.3, 0.4) is 0 Å². The molecule has 0 spiro atoms. The number of aromatic nitrogens is 2. The van der Waals surface area contributed by atoms with Crippen LogP contribution in [0.5, 0.6) is 0 Å². The minimum Gasteiger partial charge on any atom is -0.357 e. The maximum Gasteiger partial charge on any atom is 0.191 e. The van der Waals surface area contributed by atoms with E-state index in [1.807, 2.05) is 18.7 Å². The molecule has 0 aliphatic carbocycles. The lowest BCUT2D eigenvalue weighted by Crippen LogP contribution is -2.47. The molecule has 0 fully saturated rings. The Hall–Kier alpha value is -1.52. The first kappa shape index (κ1) is 15.5. The molecular weight excluding hydrogens is 238 g/mol. The second-order valence-corrected chi connectivity index (χ2v) is 5.84. The average molecular weight is 265 g/mol. The van der Waals surface area contributed by atoms with Crippen molar-refractivity contribution in [3.63, 3.8) is 0 Å². The van der Waals surface area contributed by atoms with E-state index in [-0.39, 0.29) is 5.54 Å². The summed E-state index contributed by atoms with van der Waals surface area (Å²) in [6.45, 7) is 14.1. The maximum atomic E-state index is 4.65. The number of aliphatic imine (C=N–C) groups is 1. The van der Waals surface area contributed by atoms with Crippen LogP contribution in [-0.2, 0) is 13.6 Å². The Kier molecular flexibility index (Phi) is 4.97. The van der Waals surface area contributed by atoms with Crippen LogP contribution in [0.15, 0.2) is 4.99 Å². The van der Waals surface area contributed by atoms with Crippen molar-refractivity contribution < 1.29 is 0 Å². The molecule has 108 valence electrons. The van der Waals surface area contributed by atoms with Gasteiger partial charge in [-0.1, -0.05) is 0 Å². The van der Waals surface area contributed by atoms with Crippen molar-refractivity contribution in [2.75, 3.05) is 6.54 Å². The molecule has 5 heteroatoms. The Morgan fingerprint density at radius 1 is 1.32 bits per heavy atom. The zero-order valence-electron chi connectivity index (χ0n) is 13.3. The van der Waals surface area contributed by atoms with E-state index in [9.17, 15) is 0 Å². The first-order valence-electron chi connectivity index (χ1n) is 6.80. The van der Waals surface area contributed by atoms with Gasteiger partial charge in [0.15, 0.2) is 5.96 Å². The van der Waals surface area contributed by atoms with Crippen LogP contribution in [0.25, 0.3) is 0 Å². The van der Waals surface area contributed by atoms with E-state index >= 15 is 0 Å². The summed E-state index contributed by atoms with van der Waals surface area (Å²) >= 11 is 0. The molecule has 5 nitrogen and oxygen atoms in total. The third-order valence-electron chi connectivity index (χ3n) is 2.89. The molecule has 0 atom stereocenters. The highest BCUT2D eigenvalue weighted by Crippen LogP contribution is 2.12. The fourth-order valence-corrected chi connectivity index (χ4v) is 1.87. The fourth-order valence-electron chi connectivity index (χ4n) is 1.87. The molecule has 0 radical (unpaired) electrons. The summed E-state index contributed by atoms with van der Waals surface area (Å²) in [7, 11) is 1.97. The molecule has 1 aromatic rings. The van der Waals surface area contributed by atoms with Gasteiger partial charge in [0.25, 0.3) is 0 Å². The highest BCUT2D eigenvalue weighted by molar-refractivity contribution is 5.80. The zero-order valence-corrected chi connectivity index (χ0v) is 13.3. The summed E-state index contributed by atoms with van der Waals surface area (Å²) in [5.74, 6) is 0.845. The van der Waals surface area contributed by atoms with Crippen LogP contribution in [0, 0.1) is 13.8 Å². The molecule has 0 amide bonds. The molecule has 0 unspecified atom stereocenters. The molecule has 1 rings (SSSR count). The van der Waals surface area contributed by atoms with Crippen LogP contribution in [0.4, 0.5) is 0 Å². The van der Waals surface area contributed by atoms with Crippen LogP contribution in [0.2, 0.25) is 0 Å². The van der Waals surface area contributed by atoms with E-state index < -0.39 is 0 Å². The predicted octanol–water partition coefficient (Wildman–Crippen LogP) is 1.89. The Morgan fingerprint density at radius 3 is 2.37 bits per heavy atom. The van der Waals surface area contributed by atoms with Gasteiger partial charge in [-0.25, -0.2) is 4.99 Å². The van der Waals surface area contributed by atoms with Gasteiger partial charge in [0, 0.05) is 30.4 Å². The molecule has 19 heavy (non-hydrogen) atoms. The van der Waals surface area contributed by atoms with E-state index in [1.165, 1.54) is 11.3 Å². The maximum absolute atomic E-state index is 4.65. The van der Waals surface area contributed by atoms with Crippen LogP contribution >= 0.6 is 0 Å². The third kappa shape index (κ3) is 4.58. The first-order chi connectivity index (χ1) is 8.74. The van der Waals surface area contributed by atoms with Gasteiger partial charge in [-0.15, -0.1) is 0 Å². The van der Waals surface area contributed by atoms with Gasteiger partial charge in [0.2, 0.25) is 0 Å². The molecular formula is C14H27N5. The highest BCUT2D eigenvalue weighted by Gasteiger charge is 2.13. The SMILES string of the molecule is CCNC(=NCc1c(C)nn(C)c1C)NC(C)(C)C. The van der Waals surface area contributed by atoms with E-state index in [0.29, 0.717) is 6.54 Å². The predicted molar refractivity (Wildman–Crippen MR) is 80.4 cm³/mol. The standard InChI is InChI=1S/C14H27N5/c1-8-15-13(17-14(4,5)6)16-9-12-10(2)18-19(7)11(12)3/h8-9H2,1-7H3,(H2,15,16,17). The molecule has 0 saturated carbocycles. The monoisotopic (exact) mass is 265 g/mol. The molecule has 0 saturated heterocycles. The first-order valence-corrected chi connectivity index (χ1v) is 6.80. The minimum atomic E-state index is 0.0000302. The lowest BCUT2D eigenvalue weighted by atomic mass is 10.1. The van der Waals surface area contributed by atoms with Gasteiger partial charge in [-0.2, -0.15) is 5.10 Å². The normalized spacial score (nSPS) is 12.7. The summed E-state index contributed by atoms with van der Waals surface area (Å²) in [6, 6.07) is 0. The minimum absolute atomic E-state index is 0.0000302. The number of hydrogen-bond acceptors (Lipinski definition) is 2. The third-order valence-corrected chi connectivity index (χ3v) is 2.89. The van der Waals surface area contributed by atoms with Gasteiger partial charge in [0.05, 0.1) is 12.2 Å². The number of aryl methyl sites for hydroxylation is 2. The van der Waals surface area contributed by atoms with Crippen LogP contribution in [-0.4, -0.2) is 27.8 Å². The van der Waals surface area contributed by atoms with Crippen molar-refractivity contribution in [3.05, 3.63) is 17.0 Å². The molecule has 1 aromatic heterocycles. The zero-order chi connectivity index (χ0) is 14.6. The smallest absolute Gasteiger partial charge is 0.191 e. The van der Waals surface area contributed by atoms with E-state index in [0.717, 1.165) is 18.2 Å². The number of nitrogens with one attached hydrogen (secondary N) is 2. The quantitative estimate of drug-likeness (QED) is 0.648. The van der Waals surface area contributed by atoms with Crippen molar-refractivity contribution >= 4 is 5.96 Å². The lowest BCUT2D eigenvalue weighted by Gasteiger charge is -2.23. The van der Waals surface area contributed by atoms with Crippen LogP contribution < -0.4 is 10.6 Å². The van der Waals surface area contributed by atoms with Crippen molar-refractivity contribution in [1.29, 1.82) is 0 Å². The van der Waals surface area contributed by atoms with Crippen LogP contribution in [0.1, 0.15) is 44.6 Å². The van der Waals surface area contributed by atoms with Crippen molar-refractivity contribution in [2.24, 2.45) is 12.0 Å². The van der Waals surface area contributed by atoms with E-state index in [4.69, 9.17) is 0 Å². The molecule has 2 N–H and O–H groups in total. The molecule has 0 aliphatic rings. The summed E-state index contributed by atoms with van der Waals surface area (Å²) in [5.41, 5.74) is 3.43. The second kappa shape index (κ2) is 6.08. The highest BCUT2D eigenvalue weighted by atomic mass is 15.3. The largest absolute Gasteiger partial charge is 0.357 e. The van der Waals surface area contributed by atoms with Gasteiger partial charge < -0.3 is 10.6 Å².